The van der Waals surface area contributed by atoms with Gasteiger partial charge in [-0.3, -0.25) is 0 Å². The van der Waals surface area contributed by atoms with E-state index < -0.39 is 0 Å². The number of nitrogens with two attached hydrogens (primary N) is 1. The van der Waals surface area contributed by atoms with Crippen LogP contribution in [0.3, 0.4) is 0 Å². The zero-order valence-corrected chi connectivity index (χ0v) is 6.23. The molecule has 2 saturated heterocycles. The molecule has 2 aliphatic rings. The van der Waals surface area contributed by atoms with Crippen LogP contribution in [0.25, 0.3) is 0 Å². The molecule has 2 fully saturated rings. The fourth-order valence-electron chi connectivity index (χ4n) is 0.445. The van der Waals surface area contributed by atoms with Crippen LogP contribution in [0.5, 0.6) is 0 Å². The smallest absolute Gasteiger partial charge is 0.106 e. The molecule has 0 spiro atoms. The standard InChI is InChI=1S/C3H7NO2.C3H6O2/c4-6-2-3-1-5-3;4-1-3-2-5-3/h3H,1-2,4H2;3-4H,1-2H2. The first kappa shape index (κ1) is 8.89. The summed E-state index contributed by atoms with van der Waals surface area (Å²) in [5.74, 6) is 4.69. The van der Waals surface area contributed by atoms with E-state index in [0.29, 0.717) is 12.7 Å². The summed E-state index contributed by atoms with van der Waals surface area (Å²) < 4.78 is 9.35. The number of epoxide rings is 2. The first-order chi connectivity index (χ1) is 5.36. The molecule has 0 aromatic rings. The van der Waals surface area contributed by atoms with Gasteiger partial charge in [0.1, 0.15) is 12.2 Å². The first-order valence-electron chi connectivity index (χ1n) is 3.52. The summed E-state index contributed by atoms with van der Waals surface area (Å²) in [5.41, 5.74) is 0. The van der Waals surface area contributed by atoms with Crippen LogP contribution >= 0.6 is 0 Å². The lowest BCUT2D eigenvalue weighted by molar-refractivity contribution is 0.119. The minimum absolute atomic E-state index is 0.190. The average Bonchev–Trinajstić information content (AvgIpc) is 2.87. The number of aliphatic hydroxyl groups excluding tert-OH is 1. The lowest BCUT2D eigenvalue weighted by Crippen LogP contribution is -2.05. The van der Waals surface area contributed by atoms with Crippen molar-refractivity contribution >= 4 is 0 Å². The Balaban J connectivity index is 0.000000112. The minimum atomic E-state index is 0.190. The second-order valence-electron chi connectivity index (χ2n) is 2.43. The van der Waals surface area contributed by atoms with Crippen molar-refractivity contribution in [3.63, 3.8) is 0 Å². The van der Waals surface area contributed by atoms with E-state index in [1.165, 1.54) is 0 Å². The Hall–Kier alpha value is -0.200. The molecule has 66 valence electrons. The van der Waals surface area contributed by atoms with Crippen molar-refractivity contribution in [2.75, 3.05) is 26.4 Å². The SMILES string of the molecule is NOCC1CO1.OCC1CO1. The van der Waals surface area contributed by atoms with Gasteiger partial charge in [0.2, 0.25) is 0 Å². The first-order valence-corrected chi connectivity index (χ1v) is 3.52. The van der Waals surface area contributed by atoms with Gasteiger partial charge in [-0.25, -0.2) is 5.90 Å². The van der Waals surface area contributed by atoms with Gasteiger partial charge in [-0.1, -0.05) is 0 Å². The van der Waals surface area contributed by atoms with Crippen molar-refractivity contribution < 1.29 is 19.4 Å². The third-order valence-electron chi connectivity index (χ3n) is 1.29. The monoisotopic (exact) mass is 163 g/mol. The van der Waals surface area contributed by atoms with E-state index in [1.54, 1.807) is 0 Å². The average molecular weight is 163 g/mol. The molecule has 2 rings (SSSR count). The molecule has 3 N–H and O–H groups in total. The topological polar surface area (TPSA) is 80.5 Å². The Morgan fingerprint density at radius 2 is 1.91 bits per heavy atom. The zero-order chi connectivity index (χ0) is 8.10. The summed E-state index contributed by atoms with van der Waals surface area (Å²) in [7, 11) is 0. The van der Waals surface area contributed by atoms with Gasteiger partial charge < -0.3 is 19.4 Å². The fraction of sp³-hybridized carbons (Fsp3) is 1.00. The van der Waals surface area contributed by atoms with Crippen LogP contribution in [0, 0.1) is 0 Å². The number of hydrogen-bond donors (Lipinski definition) is 2. The van der Waals surface area contributed by atoms with Crippen molar-refractivity contribution in [2.45, 2.75) is 12.2 Å². The highest BCUT2D eigenvalue weighted by molar-refractivity contribution is 4.66. The van der Waals surface area contributed by atoms with Crippen molar-refractivity contribution in [1.29, 1.82) is 0 Å². The van der Waals surface area contributed by atoms with Crippen LogP contribution in [-0.4, -0.2) is 43.7 Å². The van der Waals surface area contributed by atoms with Crippen LogP contribution in [0.2, 0.25) is 0 Å². The van der Waals surface area contributed by atoms with E-state index in [0.717, 1.165) is 13.2 Å². The van der Waals surface area contributed by atoms with Gasteiger partial charge in [0, 0.05) is 0 Å². The highest BCUT2D eigenvalue weighted by Gasteiger charge is 2.21. The third kappa shape index (κ3) is 5.11. The molecule has 5 nitrogen and oxygen atoms in total. The number of ether oxygens (including phenoxy) is 2. The maximum atomic E-state index is 8.08. The van der Waals surface area contributed by atoms with Gasteiger partial charge in [-0.05, 0) is 0 Å². The van der Waals surface area contributed by atoms with E-state index in [-0.39, 0.29) is 12.7 Å². The second kappa shape index (κ2) is 4.63. The van der Waals surface area contributed by atoms with Gasteiger partial charge in [0.05, 0.1) is 26.4 Å². The Morgan fingerprint density at radius 3 is 2.00 bits per heavy atom. The number of aliphatic hydroxyl groups is 1. The second-order valence-corrected chi connectivity index (χ2v) is 2.43. The summed E-state index contributed by atoms with van der Waals surface area (Å²) in [6.45, 7) is 2.31. The maximum Gasteiger partial charge on any atom is 0.106 e. The molecular weight excluding hydrogens is 150 g/mol. The molecule has 2 atom stereocenters. The zero-order valence-electron chi connectivity index (χ0n) is 6.23. The van der Waals surface area contributed by atoms with Gasteiger partial charge in [-0.15, -0.1) is 0 Å². The highest BCUT2D eigenvalue weighted by atomic mass is 16.7. The summed E-state index contributed by atoms with van der Waals surface area (Å²) in [4.78, 5) is 4.24. The Morgan fingerprint density at radius 1 is 1.36 bits per heavy atom. The van der Waals surface area contributed by atoms with Crippen molar-refractivity contribution in [1.82, 2.24) is 0 Å². The van der Waals surface area contributed by atoms with E-state index in [2.05, 4.69) is 15.5 Å². The van der Waals surface area contributed by atoms with Crippen LogP contribution in [0.4, 0.5) is 0 Å². The Kier molecular flexibility index (Phi) is 3.74. The van der Waals surface area contributed by atoms with E-state index >= 15 is 0 Å². The molecule has 11 heavy (non-hydrogen) atoms. The minimum Gasteiger partial charge on any atom is -0.394 e. The third-order valence-corrected chi connectivity index (χ3v) is 1.29. The molecule has 2 heterocycles. The van der Waals surface area contributed by atoms with Gasteiger partial charge in [0.25, 0.3) is 0 Å². The summed E-state index contributed by atoms with van der Waals surface area (Å²) in [6, 6.07) is 0. The summed E-state index contributed by atoms with van der Waals surface area (Å²) in [6.07, 6.45) is 0.491. The molecule has 0 radical (unpaired) electrons. The Labute approximate surface area is 65.0 Å². The number of hydrogen-bond acceptors (Lipinski definition) is 5. The molecule has 0 saturated carbocycles. The molecule has 2 unspecified atom stereocenters. The van der Waals surface area contributed by atoms with Crippen molar-refractivity contribution in [3.8, 4) is 0 Å². The van der Waals surface area contributed by atoms with Crippen LogP contribution in [-0.2, 0) is 14.3 Å². The molecule has 2 aliphatic heterocycles. The Bertz CT molecular complexity index is 103. The van der Waals surface area contributed by atoms with E-state index in [4.69, 9.17) is 9.84 Å². The number of rotatable bonds is 3. The lowest BCUT2D eigenvalue weighted by atomic mass is 10.5. The normalized spacial score (nSPS) is 32.2. The molecule has 0 aromatic heterocycles. The van der Waals surface area contributed by atoms with Gasteiger partial charge in [0.15, 0.2) is 0 Å². The van der Waals surface area contributed by atoms with Crippen molar-refractivity contribution in [3.05, 3.63) is 0 Å². The largest absolute Gasteiger partial charge is 0.394 e. The fourth-order valence-corrected chi connectivity index (χ4v) is 0.445. The predicted octanol–water partition coefficient (Wildman–Crippen LogP) is -1.35. The van der Waals surface area contributed by atoms with Gasteiger partial charge >= 0.3 is 0 Å². The molecule has 5 heteroatoms. The van der Waals surface area contributed by atoms with Crippen molar-refractivity contribution in [2.24, 2.45) is 5.90 Å². The summed E-state index contributed by atoms with van der Waals surface area (Å²) in [5, 5.41) is 8.08. The quantitative estimate of drug-likeness (QED) is 0.397. The lowest BCUT2D eigenvalue weighted by Gasteiger charge is -1.84. The molecule has 0 amide bonds. The molecule has 0 aromatic carbocycles. The van der Waals surface area contributed by atoms with Gasteiger partial charge in [-0.2, -0.15) is 0 Å². The summed E-state index contributed by atoms with van der Waals surface area (Å²) >= 11 is 0. The maximum absolute atomic E-state index is 8.08. The van der Waals surface area contributed by atoms with Crippen LogP contribution in [0.15, 0.2) is 0 Å². The van der Waals surface area contributed by atoms with Crippen LogP contribution < -0.4 is 5.90 Å². The molecular formula is C6H13NO4. The van der Waals surface area contributed by atoms with E-state index in [9.17, 15) is 0 Å². The van der Waals surface area contributed by atoms with E-state index in [1.807, 2.05) is 0 Å². The highest BCUT2D eigenvalue weighted by Crippen LogP contribution is 2.06. The molecule has 0 aliphatic carbocycles. The van der Waals surface area contributed by atoms with Crippen LogP contribution in [0.1, 0.15) is 0 Å². The predicted molar refractivity (Wildman–Crippen MR) is 36.7 cm³/mol. The molecule has 0 bridgehead atoms.